The summed E-state index contributed by atoms with van der Waals surface area (Å²) in [7, 11) is 0. The Hall–Kier alpha value is -2.24. The Labute approximate surface area is 154 Å². The highest BCUT2D eigenvalue weighted by molar-refractivity contribution is 5.96. The fourth-order valence-electron chi connectivity index (χ4n) is 4.72. The zero-order valence-corrected chi connectivity index (χ0v) is 15.2. The van der Waals surface area contributed by atoms with E-state index in [2.05, 4.69) is 10.6 Å². The molecule has 0 aromatic heterocycles. The number of rotatable bonds is 3. The first-order valence-corrected chi connectivity index (χ1v) is 9.95. The largest absolute Gasteiger partial charge is 0.336 e. The van der Waals surface area contributed by atoms with Crippen LogP contribution in [0, 0.1) is 5.92 Å². The van der Waals surface area contributed by atoms with Crippen molar-refractivity contribution in [2.75, 3.05) is 29.9 Å². The topological polar surface area (TPSA) is 64.7 Å². The first-order valence-electron chi connectivity index (χ1n) is 9.95. The smallest absolute Gasteiger partial charge is 0.322 e. The second-order valence-electron chi connectivity index (χ2n) is 7.67. The van der Waals surface area contributed by atoms with Crippen LogP contribution in [0.3, 0.4) is 0 Å². The van der Waals surface area contributed by atoms with Gasteiger partial charge in [-0.05, 0) is 49.8 Å². The Morgan fingerprint density at radius 2 is 1.92 bits per heavy atom. The van der Waals surface area contributed by atoms with Gasteiger partial charge in [-0.15, -0.1) is 0 Å². The normalized spacial score (nSPS) is 24.0. The molecular weight excluding hydrogens is 328 g/mol. The van der Waals surface area contributed by atoms with Crippen molar-refractivity contribution in [1.82, 2.24) is 10.2 Å². The van der Waals surface area contributed by atoms with Crippen LogP contribution in [-0.2, 0) is 0 Å². The number of benzene rings is 1. The molecule has 6 heteroatoms. The van der Waals surface area contributed by atoms with Gasteiger partial charge in [0, 0.05) is 37.1 Å². The lowest BCUT2D eigenvalue weighted by atomic mass is 9.83. The molecule has 2 heterocycles. The highest BCUT2D eigenvalue weighted by atomic mass is 16.2. The van der Waals surface area contributed by atoms with E-state index in [0.29, 0.717) is 25.0 Å². The first-order chi connectivity index (χ1) is 12.7. The monoisotopic (exact) mass is 356 g/mol. The molecule has 2 N–H and O–H groups in total. The number of urea groups is 2. The van der Waals surface area contributed by atoms with Crippen LogP contribution in [-0.4, -0.2) is 42.6 Å². The SMILES string of the molecule is O=C1NCCN1c1cccc(NC(=O)N2CCCC2C2CCCCC2)c1. The quantitative estimate of drug-likeness (QED) is 0.865. The molecular formula is C20H28N4O2. The molecule has 1 aromatic rings. The maximum absolute atomic E-state index is 12.9. The number of nitrogens with one attached hydrogen (secondary N) is 2. The minimum Gasteiger partial charge on any atom is -0.336 e. The van der Waals surface area contributed by atoms with Crippen molar-refractivity contribution >= 4 is 23.4 Å². The molecule has 1 saturated carbocycles. The van der Waals surface area contributed by atoms with E-state index in [-0.39, 0.29) is 12.1 Å². The molecule has 26 heavy (non-hydrogen) atoms. The number of likely N-dealkylation sites (tertiary alicyclic amines) is 1. The van der Waals surface area contributed by atoms with Gasteiger partial charge in [0.2, 0.25) is 0 Å². The van der Waals surface area contributed by atoms with Gasteiger partial charge in [0.25, 0.3) is 0 Å². The summed E-state index contributed by atoms with van der Waals surface area (Å²) >= 11 is 0. The van der Waals surface area contributed by atoms with Gasteiger partial charge in [-0.1, -0.05) is 25.3 Å². The summed E-state index contributed by atoms with van der Waals surface area (Å²) in [6, 6.07) is 7.88. The average Bonchev–Trinajstić information content (AvgIpc) is 3.31. The number of amides is 4. The van der Waals surface area contributed by atoms with E-state index in [0.717, 1.165) is 30.8 Å². The number of carbonyl (C=O) groups is 2. The minimum absolute atomic E-state index is 0.00102. The molecule has 4 amide bonds. The van der Waals surface area contributed by atoms with Crippen LogP contribution in [0.25, 0.3) is 0 Å². The van der Waals surface area contributed by atoms with Gasteiger partial charge in [-0.25, -0.2) is 9.59 Å². The van der Waals surface area contributed by atoms with Crippen LogP contribution in [0.2, 0.25) is 0 Å². The van der Waals surface area contributed by atoms with Crippen molar-refractivity contribution in [3.05, 3.63) is 24.3 Å². The number of hydrogen-bond donors (Lipinski definition) is 2. The molecule has 140 valence electrons. The predicted molar refractivity (Wildman–Crippen MR) is 103 cm³/mol. The first kappa shape index (κ1) is 17.2. The van der Waals surface area contributed by atoms with Gasteiger partial charge in [-0.3, -0.25) is 4.90 Å². The van der Waals surface area contributed by atoms with Gasteiger partial charge in [0.1, 0.15) is 0 Å². The standard InChI is InChI=1S/C20H28N4O2/c25-19-21-11-13-23(19)17-9-4-8-16(14-17)22-20(26)24-12-5-10-18(24)15-6-2-1-3-7-15/h4,8-9,14-15,18H,1-3,5-7,10-13H2,(H,21,25)(H,22,26). The van der Waals surface area contributed by atoms with Crippen molar-refractivity contribution in [2.45, 2.75) is 51.0 Å². The lowest BCUT2D eigenvalue weighted by Gasteiger charge is -2.34. The van der Waals surface area contributed by atoms with E-state index in [1.54, 1.807) is 4.90 Å². The van der Waals surface area contributed by atoms with Crippen LogP contribution < -0.4 is 15.5 Å². The fraction of sp³-hybridized carbons (Fsp3) is 0.600. The highest BCUT2D eigenvalue weighted by Gasteiger charge is 2.35. The molecule has 1 unspecified atom stereocenters. The van der Waals surface area contributed by atoms with Crippen LogP contribution in [0.5, 0.6) is 0 Å². The molecule has 0 bridgehead atoms. The van der Waals surface area contributed by atoms with Crippen LogP contribution in [0.1, 0.15) is 44.9 Å². The summed E-state index contributed by atoms with van der Waals surface area (Å²) in [6.07, 6.45) is 8.69. The van der Waals surface area contributed by atoms with Gasteiger partial charge < -0.3 is 15.5 Å². The van der Waals surface area contributed by atoms with Crippen molar-refractivity contribution in [3.8, 4) is 0 Å². The Bertz CT molecular complexity index is 672. The van der Waals surface area contributed by atoms with E-state index in [9.17, 15) is 9.59 Å². The molecule has 0 spiro atoms. The molecule has 2 saturated heterocycles. The maximum atomic E-state index is 12.9. The summed E-state index contributed by atoms with van der Waals surface area (Å²) in [5.41, 5.74) is 1.57. The van der Waals surface area contributed by atoms with Gasteiger partial charge in [0.15, 0.2) is 0 Å². The third-order valence-electron chi connectivity index (χ3n) is 6.02. The Kier molecular flexibility index (Phi) is 5.00. The Morgan fingerprint density at radius 3 is 2.69 bits per heavy atom. The molecule has 3 aliphatic rings. The molecule has 3 fully saturated rings. The highest BCUT2D eigenvalue weighted by Crippen LogP contribution is 2.34. The van der Waals surface area contributed by atoms with E-state index in [4.69, 9.17) is 0 Å². The zero-order valence-electron chi connectivity index (χ0n) is 15.2. The molecule has 1 atom stereocenters. The Morgan fingerprint density at radius 1 is 1.08 bits per heavy atom. The van der Waals surface area contributed by atoms with Crippen LogP contribution in [0.4, 0.5) is 21.0 Å². The van der Waals surface area contributed by atoms with Crippen molar-refractivity contribution in [2.24, 2.45) is 5.92 Å². The number of anilines is 2. The van der Waals surface area contributed by atoms with Gasteiger partial charge >= 0.3 is 12.1 Å². The Balaban J connectivity index is 1.43. The van der Waals surface area contributed by atoms with E-state index >= 15 is 0 Å². The average molecular weight is 356 g/mol. The van der Waals surface area contributed by atoms with E-state index in [1.807, 2.05) is 29.2 Å². The number of nitrogens with zero attached hydrogens (tertiary/aromatic N) is 2. The lowest BCUT2D eigenvalue weighted by Crippen LogP contribution is -2.43. The summed E-state index contributed by atoms with van der Waals surface area (Å²) < 4.78 is 0. The van der Waals surface area contributed by atoms with Gasteiger partial charge in [0.05, 0.1) is 0 Å². The summed E-state index contributed by atoms with van der Waals surface area (Å²) in [5.74, 6) is 0.664. The maximum Gasteiger partial charge on any atom is 0.322 e. The molecule has 2 aliphatic heterocycles. The van der Waals surface area contributed by atoms with E-state index < -0.39 is 0 Å². The zero-order chi connectivity index (χ0) is 17.9. The fourth-order valence-corrected chi connectivity index (χ4v) is 4.72. The third-order valence-corrected chi connectivity index (χ3v) is 6.02. The van der Waals surface area contributed by atoms with Crippen molar-refractivity contribution in [1.29, 1.82) is 0 Å². The number of carbonyl (C=O) groups excluding carboxylic acids is 2. The molecule has 6 nitrogen and oxygen atoms in total. The molecule has 1 aliphatic carbocycles. The summed E-state index contributed by atoms with van der Waals surface area (Å²) in [4.78, 5) is 28.5. The molecule has 0 radical (unpaired) electrons. The minimum atomic E-state index is -0.0784. The third kappa shape index (κ3) is 3.50. The summed E-state index contributed by atoms with van der Waals surface area (Å²) in [5, 5.41) is 5.87. The lowest BCUT2D eigenvalue weighted by molar-refractivity contribution is 0.166. The molecule has 1 aromatic carbocycles. The summed E-state index contributed by atoms with van der Waals surface area (Å²) in [6.45, 7) is 2.17. The van der Waals surface area contributed by atoms with Crippen LogP contribution >= 0.6 is 0 Å². The van der Waals surface area contributed by atoms with Crippen molar-refractivity contribution < 1.29 is 9.59 Å². The van der Waals surface area contributed by atoms with Gasteiger partial charge in [-0.2, -0.15) is 0 Å². The predicted octanol–water partition coefficient (Wildman–Crippen LogP) is 3.79. The van der Waals surface area contributed by atoms with Crippen molar-refractivity contribution in [3.63, 3.8) is 0 Å². The second-order valence-corrected chi connectivity index (χ2v) is 7.67. The van der Waals surface area contributed by atoms with Crippen LogP contribution in [0.15, 0.2) is 24.3 Å². The number of hydrogen-bond acceptors (Lipinski definition) is 2. The van der Waals surface area contributed by atoms with E-state index in [1.165, 1.54) is 32.1 Å². The second kappa shape index (κ2) is 7.56. The molecule has 4 rings (SSSR count).